The van der Waals surface area contributed by atoms with E-state index >= 15 is 0 Å². The first-order valence-corrected chi connectivity index (χ1v) is 9.71. The molecule has 1 aromatic rings. The molecule has 0 heterocycles. The summed E-state index contributed by atoms with van der Waals surface area (Å²) in [7, 11) is -4.08. The third-order valence-corrected chi connectivity index (χ3v) is 6.29. The molecule has 1 N–H and O–H groups in total. The first-order valence-electron chi connectivity index (χ1n) is 8.16. The number of sulfone groups is 1. The molecule has 10 heteroatoms. The summed E-state index contributed by atoms with van der Waals surface area (Å²) in [6, 6.07) is 4.27. The van der Waals surface area contributed by atoms with Gasteiger partial charge in [0.1, 0.15) is 0 Å². The number of non-ortho nitro benzene ring substituents is 1. The smallest absolute Gasteiger partial charge is 0.324 e. The number of amides is 1. The summed E-state index contributed by atoms with van der Waals surface area (Å²) in [5.41, 5.74) is -0.261. The lowest BCUT2D eigenvalue weighted by atomic mass is 10.2. The molecule has 0 bridgehead atoms. The SMILES string of the molecule is C[C@@H](C(=O)OCC(=O)NC1CCCC1)S(=O)(=O)c1ccc([N+](=O)[O-])cc1. The maximum absolute atomic E-state index is 12.4. The summed E-state index contributed by atoms with van der Waals surface area (Å²) in [6.45, 7) is 0.601. The van der Waals surface area contributed by atoms with Gasteiger partial charge in [0, 0.05) is 18.2 Å². The third kappa shape index (κ3) is 4.78. The Morgan fingerprint density at radius 2 is 1.85 bits per heavy atom. The van der Waals surface area contributed by atoms with Gasteiger partial charge in [-0.25, -0.2) is 8.42 Å². The lowest BCUT2D eigenvalue weighted by Crippen LogP contribution is -2.37. The van der Waals surface area contributed by atoms with Crippen molar-refractivity contribution in [2.75, 3.05) is 6.61 Å². The topological polar surface area (TPSA) is 133 Å². The Morgan fingerprint density at radius 1 is 1.27 bits per heavy atom. The second-order valence-corrected chi connectivity index (χ2v) is 8.36. The summed E-state index contributed by atoms with van der Waals surface area (Å²) < 4.78 is 29.6. The van der Waals surface area contributed by atoms with Crippen molar-refractivity contribution in [1.29, 1.82) is 0 Å². The summed E-state index contributed by atoms with van der Waals surface area (Å²) >= 11 is 0. The fourth-order valence-electron chi connectivity index (χ4n) is 2.68. The molecule has 0 unspecified atom stereocenters. The van der Waals surface area contributed by atoms with Crippen LogP contribution < -0.4 is 5.32 Å². The van der Waals surface area contributed by atoms with Crippen LogP contribution in [0.15, 0.2) is 29.2 Å². The third-order valence-electron chi connectivity index (χ3n) is 4.24. The number of nitrogens with one attached hydrogen (secondary N) is 1. The largest absolute Gasteiger partial charge is 0.455 e. The Labute approximate surface area is 150 Å². The Bertz CT molecular complexity index is 783. The molecule has 26 heavy (non-hydrogen) atoms. The van der Waals surface area contributed by atoms with Gasteiger partial charge in [-0.3, -0.25) is 19.7 Å². The first-order chi connectivity index (χ1) is 12.2. The summed E-state index contributed by atoms with van der Waals surface area (Å²) in [6.07, 6.45) is 3.83. The Balaban J connectivity index is 1.94. The number of carbonyl (C=O) groups excluding carboxylic acids is 2. The minimum absolute atomic E-state index is 0.0717. The minimum atomic E-state index is -4.08. The number of nitrogens with zero attached hydrogens (tertiary/aromatic N) is 1. The summed E-state index contributed by atoms with van der Waals surface area (Å²) in [5, 5.41) is 11.8. The van der Waals surface area contributed by atoms with Gasteiger partial charge in [-0.05, 0) is 31.9 Å². The van der Waals surface area contributed by atoms with Crippen LogP contribution >= 0.6 is 0 Å². The number of rotatable bonds is 7. The highest BCUT2D eigenvalue weighted by molar-refractivity contribution is 7.92. The van der Waals surface area contributed by atoms with Crippen LogP contribution in [0.3, 0.4) is 0 Å². The van der Waals surface area contributed by atoms with Gasteiger partial charge in [0.15, 0.2) is 21.7 Å². The number of carbonyl (C=O) groups is 2. The van der Waals surface area contributed by atoms with E-state index in [1.54, 1.807) is 0 Å². The highest BCUT2D eigenvalue weighted by Crippen LogP contribution is 2.21. The van der Waals surface area contributed by atoms with Gasteiger partial charge < -0.3 is 10.1 Å². The van der Waals surface area contributed by atoms with Crippen molar-refractivity contribution in [1.82, 2.24) is 5.32 Å². The van der Waals surface area contributed by atoms with E-state index in [9.17, 15) is 28.1 Å². The molecule has 1 atom stereocenters. The van der Waals surface area contributed by atoms with Crippen molar-refractivity contribution in [3.05, 3.63) is 34.4 Å². The van der Waals surface area contributed by atoms with E-state index in [2.05, 4.69) is 5.32 Å². The van der Waals surface area contributed by atoms with E-state index < -0.39 is 38.5 Å². The van der Waals surface area contributed by atoms with Crippen LogP contribution in [-0.2, 0) is 24.2 Å². The summed E-state index contributed by atoms with van der Waals surface area (Å²) in [5.74, 6) is -1.52. The average Bonchev–Trinajstić information content (AvgIpc) is 3.11. The van der Waals surface area contributed by atoms with Crippen LogP contribution in [0.2, 0.25) is 0 Å². The van der Waals surface area contributed by atoms with Crippen molar-refractivity contribution in [3.63, 3.8) is 0 Å². The molecule has 0 spiro atoms. The van der Waals surface area contributed by atoms with Crippen molar-refractivity contribution >= 4 is 27.4 Å². The van der Waals surface area contributed by atoms with Crippen molar-refractivity contribution in [2.45, 2.75) is 48.8 Å². The molecule has 2 rings (SSSR count). The molecule has 1 amide bonds. The average molecular weight is 384 g/mol. The van der Waals surface area contributed by atoms with Gasteiger partial charge in [-0.2, -0.15) is 0 Å². The molecule has 9 nitrogen and oxygen atoms in total. The van der Waals surface area contributed by atoms with Gasteiger partial charge >= 0.3 is 5.97 Å². The van der Waals surface area contributed by atoms with Crippen LogP contribution in [0.1, 0.15) is 32.6 Å². The van der Waals surface area contributed by atoms with E-state index in [0.717, 1.165) is 56.9 Å². The number of hydrogen-bond acceptors (Lipinski definition) is 7. The zero-order valence-electron chi connectivity index (χ0n) is 14.2. The van der Waals surface area contributed by atoms with Gasteiger partial charge in [0.2, 0.25) is 0 Å². The van der Waals surface area contributed by atoms with Crippen molar-refractivity contribution in [2.24, 2.45) is 0 Å². The Kier molecular flexibility index (Phi) is 6.30. The van der Waals surface area contributed by atoms with Crippen LogP contribution in [0, 0.1) is 10.1 Å². The van der Waals surface area contributed by atoms with E-state index in [4.69, 9.17) is 4.74 Å². The number of nitro benzene ring substituents is 1. The fraction of sp³-hybridized carbons (Fsp3) is 0.500. The normalized spacial score (nSPS) is 16.0. The maximum atomic E-state index is 12.4. The Morgan fingerprint density at radius 3 is 2.38 bits per heavy atom. The molecule has 1 aromatic carbocycles. The van der Waals surface area contributed by atoms with Crippen LogP contribution in [0.5, 0.6) is 0 Å². The van der Waals surface area contributed by atoms with E-state index in [1.165, 1.54) is 0 Å². The lowest BCUT2D eigenvalue weighted by Gasteiger charge is -2.14. The molecular formula is C16H20N2O7S. The van der Waals surface area contributed by atoms with E-state index in [0.29, 0.717) is 0 Å². The predicted molar refractivity (Wildman–Crippen MR) is 91.1 cm³/mol. The van der Waals surface area contributed by atoms with Crippen molar-refractivity contribution < 1.29 is 27.7 Å². The molecule has 0 radical (unpaired) electrons. The van der Waals surface area contributed by atoms with Gasteiger partial charge in [-0.15, -0.1) is 0 Å². The van der Waals surface area contributed by atoms with Gasteiger partial charge in [-0.1, -0.05) is 12.8 Å². The quantitative estimate of drug-likeness (QED) is 0.426. The second-order valence-electron chi connectivity index (χ2n) is 6.09. The predicted octanol–water partition coefficient (Wildman–Crippen LogP) is 1.36. The van der Waals surface area contributed by atoms with Gasteiger partial charge in [0.25, 0.3) is 11.6 Å². The van der Waals surface area contributed by atoms with Crippen molar-refractivity contribution in [3.8, 4) is 0 Å². The second kappa shape index (κ2) is 8.26. The standard InChI is InChI=1S/C16H20N2O7S/c1-11(16(20)25-10-15(19)17-12-4-2-3-5-12)26(23,24)14-8-6-13(7-9-14)18(21)22/h6-9,11-12H,2-5,10H2,1H3,(H,17,19)/t11-/m0/s1. The molecule has 0 saturated heterocycles. The zero-order chi connectivity index (χ0) is 19.3. The highest BCUT2D eigenvalue weighted by atomic mass is 32.2. The number of nitro groups is 1. The lowest BCUT2D eigenvalue weighted by molar-refractivity contribution is -0.384. The number of esters is 1. The molecule has 142 valence electrons. The maximum Gasteiger partial charge on any atom is 0.324 e. The zero-order valence-corrected chi connectivity index (χ0v) is 15.0. The van der Waals surface area contributed by atoms with Crippen LogP contribution in [0.4, 0.5) is 5.69 Å². The van der Waals surface area contributed by atoms with Crippen LogP contribution in [0.25, 0.3) is 0 Å². The van der Waals surface area contributed by atoms with Crippen LogP contribution in [-0.4, -0.2) is 43.1 Å². The molecule has 0 aliphatic heterocycles. The monoisotopic (exact) mass is 384 g/mol. The fourth-order valence-corrected chi connectivity index (χ4v) is 3.93. The molecule has 1 fully saturated rings. The molecule has 0 aromatic heterocycles. The molecule has 1 saturated carbocycles. The van der Waals surface area contributed by atoms with E-state index in [-0.39, 0.29) is 16.6 Å². The molecular weight excluding hydrogens is 364 g/mol. The number of ether oxygens (including phenoxy) is 1. The minimum Gasteiger partial charge on any atom is -0.455 e. The first kappa shape index (κ1) is 19.8. The molecule has 1 aliphatic carbocycles. The molecule has 1 aliphatic rings. The summed E-state index contributed by atoms with van der Waals surface area (Å²) in [4.78, 5) is 33.5. The van der Waals surface area contributed by atoms with E-state index in [1.807, 2.05) is 0 Å². The highest BCUT2D eigenvalue weighted by Gasteiger charge is 2.32. The number of benzene rings is 1. The number of hydrogen-bond donors (Lipinski definition) is 1. The Hall–Kier alpha value is -2.49. The van der Waals surface area contributed by atoms with Gasteiger partial charge in [0.05, 0.1) is 9.82 Å².